The van der Waals surface area contributed by atoms with Crippen LogP contribution in [0.4, 0.5) is 0 Å². The summed E-state index contributed by atoms with van der Waals surface area (Å²) in [6.45, 7) is 0.897. The first-order chi connectivity index (χ1) is 15.5. The van der Waals surface area contributed by atoms with E-state index in [0.717, 1.165) is 0 Å². The van der Waals surface area contributed by atoms with Crippen molar-refractivity contribution in [3.63, 3.8) is 0 Å². The second-order valence-corrected chi connectivity index (χ2v) is 6.75. The molecule has 5 amide bonds. The molecule has 0 aromatic heterocycles. The summed E-state index contributed by atoms with van der Waals surface area (Å²) in [5, 5.41) is 20.4. The molecular weight excluding hydrogens is 440 g/mol. The Bertz CT molecular complexity index is 752. The molecule has 186 valence electrons. The van der Waals surface area contributed by atoms with Gasteiger partial charge < -0.3 is 43.2 Å². The Morgan fingerprint density at radius 1 is 0.879 bits per heavy atom. The second-order valence-electron chi connectivity index (χ2n) is 6.75. The van der Waals surface area contributed by atoms with Crippen molar-refractivity contribution in [2.75, 3.05) is 26.7 Å². The predicted molar refractivity (Wildman–Crippen MR) is 116 cm³/mol. The number of amides is 5. The molecule has 0 aliphatic carbocycles. The molecule has 2 atom stereocenters. The molecule has 0 saturated carbocycles. The molecule has 0 aromatic rings. The Morgan fingerprint density at radius 2 is 1.45 bits per heavy atom. The van der Waals surface area contributed by atoms with Crippen LogP contribution in [-0.4, -0.2) is 85.3 Å². The molecule has 0 spiro atoms. The van der Waals surface area contributed by atoms with E-state index in [0.29, 0.717) is 6.42 Å². The lowest BCUT2D eigenvalue weighted by molar-refractivity contribution is -0.140. The molecule has 15 nitrogen and oxygen atoms in total. The summed E-state index contributed by atoms with van der Waals surface area (Å²) in [7, 11) is 1.28. The highest BCUT2D eigenvalue weighted by atomic mass is 16.4. The van der Waals surface area contributed by atoms with Crippen molar-refractivity contribution < 1.29 is 33.9 Å². The number of carbonyl (C=O) groups excluding carboxylic acids is 5. The quantitative estimate of drug-likeness (QED) is 0.0654. The van der Waals surface area contributed by atoms with Gasteiger partial charge in [-0.2, -0.15) is 0 Å². The van der Waals surface area contributed by atoms with Crippen LogP contribution in [-0.2, 0) is 28.8 Å². The number of guanidine groups is 1. The molecule has 0 aromatic carbocycles. The summed E-state index contributed by atoms with van der Waals surface area (Å²) in [6.07, 6.45) is -0.0191. The van der Waals surface area contributed by atoms with Gasteiger partial charge in [0.1, 0.15) is 12.1 Å². The number of aliphatic imine (C=N–C) groups is 1. The maximum atomic E-state index is 12.5. The molecule has 15 heteroatoms. The van der Waals surface area contributed by atoms with Gasteiger partial charge in [-0.3, -0.25) is 33.8 Å². The lowest BCUT2D eigenvalue weighted by atomic mass is 10.1. The van der Waals surface area contributed by atoms with Gasteiger partial charge >= 0.3 is 5.97 Å². The Morgan fingerprint density at radius 3 is 1.97 bits per heavy atom. The van der Waals surface area contributed by atoms with Gasteiger partial charge in [0, 0.05) is 20.0 Å². The number of carboxylic acids is 1. The molecule has 0 bridgehead atoms. The zero-order chi connectivity index (χ0) is 25.4. The van der Waals surface area contributed by atoms with Crippen molar-refractivity contribution in [2.24, 2.45) is 16.5 Å². The summed E-state index contributed by atoms with van der Waals surface area (Å²) in [4.78, 5) is 74.3. The van der Waals surface area contributed by atoms with E-state index >= 15 is 0 Å². The van der Waals surface area contributed by atoms with Gasteiger partial charge in [-0.25, -0.2) is 0 Å². The van der Waals surface area contributed by atoms with Crippen molar-refractivity contribution in [2.45, 2.75) is 44.7 Å². The molecule has 0 radical (unpaired) electrons. The third-order valence-corrected chi connectivity index (χ3v) is 4.06. The molecule has 10 N–H and O–H groups in total. The van der Waals surface area contributed by atoms with E-state index in [-0.39, 0.29) is 37.8 Å². The highest BCUT2D eigenvalue weighted by Crippen LogP contribution is 1.99. The number of nitrogens with one attached hydrogen (secondary N) is 5. The fourth-order valence-corrected chi connectivity index (χ4v) is 2.42. The van der Waals surface area contributed by atoms with Crippen molar-refractivity contribution >= 4 is 41.5 Å². The average Bonchev–Trinajstić information content (AvgIpc) is 2.76. The Kier molecular flexibility index (Phi) is 14.0. The van der Waals surface area contributed by atoms with E-state index in [9.17, 15) is 28.8 Å². The summed E-state index contributed by atoms with van der Waals surface area (Å²) in [5.74, 6) is -4.63. The van der Waals surface area contributed by atoms with E-state index < -0.39 is 54.6 Å². The standard InChI is InChI=1S/C18H32N8O7/c1-3-12(27)23-8-13(28)25-10(5-4-6-22-18(19)20)17(33)24-9-14(29)26-11(7-15(30)31)16(32)21-2/h10-11H,3-9H2,1-2H3,(H,21,32)(H,23,27)(H,24,33)(H,25,28)(H,26,29)(H,30,31)(H4,19,20,22). The Hall–Kier alpha value is -3.91. The van der Waals surface area contributed by atoms with Crippen LogP contribution in [0.3, 0.4) is 0 Å². The molecule has 0 saturated heterocycles. The number of aliphatic carboxylic acids is 1. The second kappa shape index (κ2) is 15.8. The predicted octanol–water partition coefficient (Wildman–Crippen LogP) is -4.13. The average molecular weight is 473 g/mol. The van der Waals surface area contributed by atoms with Gasteiger partial charge in [0.15, 0.2) is 5.96 Å². The normalized spacial score (nSPS) is 11.8. The molecular formula is C18H32N8O7. The van der Waals surface area contributed by atoms with Gasteiger partial charge in [-0.1, -0.05) is 6.92 Å². The van der Waals surface area contributed by atoms with Crippen LogP contribution in [0.15, 0.2) is 4.99 Å². The van der Waals surface area contributed by atoms with Gasteiger partial charge in [0.2, 0.25) is 29.5 Å². The van der Waals surface area contributed by atoms with Crippen molar-refractivity contribution in [3.05, 3.63) is 0 Å². The number of carbonyl (C=O) groups is 6. The lowest BCUT2D eigenvalue weighted by Crippen LogP contribution is -2.53. The van der Waals surface area contributed by atoms with Crippen molar-refractivity contribution in [3.8, 4) is 0 Å². The van der Waals surface area contributed by atoms with Crippen LogP contribution in [0.2, 0.25) is 0 Å². The number of hydrogen-bond donors (Lipinski definition) is 8. The van der Waals surface area contributed by atoms with E-state index in [4.69, 9.17) is 16.6 Å². The Balaban J connectivity index is 4.96. The largest absolute Gasteiger partial charge is 0.481 e. The highest BCUT2D eigenvalue weighted by molar-refractivity contribution is 5.94. The number of carboxylic acid groups (broad SMARTS) is 1. The molecule has 2 unspecified atom stereocenters. The van der Waals surface area contributed by atoms with E-state index in [1.54, 1.807) is 6.92 Å². The molecule has 0 rings (SSSR count). The maximum absolute atomic E-state index is 12.5. The fraction of sp³-hybridized carbons (Fsp3) is 0.611. The molecule has 33 heavy (non-hydrogen) atoms. The minimum Gasteiger partial charge on any atom is -0.481 e. The molecule has 0 fully saturated rings. The molecule has 0 aliphatic rings. The molecule has 0 aliphatic heterocycles. The first-order valence-electron chi connectivity index (χ1n) is 10.1. The number of likely N-dealkylation sites (N-methyl/N-ethyl adjacent to an activating group) is 1. The highest BCUT2D eigenvalue weighted by Gasteiger charge is 2.24. The van der Waals surface area contributed by atoms with Crippen LogP contribution in [0, 0.1) is 0 Å². The first-order valence-corrected chi connectivity index (χ1v) is 10.1. The zero-order valence-electron chi connectivity index (χ0n) is 18.6. The third kappa shape index (κ3) is 13.9. The summed E-state index contributed by atoms with van der Waals surface area (Å²) < 4.78 is 0. The number of nitrogens with zero attached hydrogens (tertiary/aromatic N) is 1. The first kappa shape index (κ1) is 29.1. The molecule has 0 heterocycles. The topological polar surface area (TPSA) is 247 Å². The van der Waals surface area contributed by atoms with Gasteiger partial charge in [-0.15, -0.1) is 0 Å². The summed E-state index contributed by atoms with van der Waals surface area (Å²) >= 11 is 0. The Labute approximate surface area is 190 Å². The summed E-state index contributed by atoms with van der Waals surface area (Å²) in [6, 6.07) is -2.39. The van der Waals surface area contributed by atoms with Crippen LogP contribution in [0.5, 0.6) is 0 Å². The fourth-order valence-electron chi connectivity index (χ4n) is 2.42. The minimum absolute atomic E-state index is 0.123. The SMILES string of the molecule is CCC(=O)NCC(=O)NC(CCCN=C(N)N)C(=O)NCC(=O)NC(CC(=O)O)C(=O)NC. The maximum Gasteiger partial charge on any atom is 0.305 e. The van der Waals surface area contributed by atoms with Crippen LogP contribution < -0.4 is 38.1 Å². The van der Waals surface area contributed by atoms with E-state index in [1.807, 2.05) is 0 Å². The number of hydrogen-bond acceptors (Lipinski definition) is 7. The van der Waals surface area contributed by atoms with Crippen LogP contribution in [0.25, 0.3) is 0 Å². The smallest absolute Gasteiger partial charge is 0.305 e. The number of rotatable bonds is 15. The monoisotopic (exact) mass is 472 g/mol. The van der Waals surface area contributed by atoms with Gasteiger partial charge in [0.05, 0.1) is 19.5 Å². The lowest BCUT2D eigenvalue weighted by Gasteiger charge is -2.19. The van der Waals surface area contributed by atoms with Gasteiger partial charge in [-0.05, 0) is 12.8 Å². The van der Waals surface area contributed by atoms with Crippen LogP contribution in [0.1, 0.15) is 32.6 Å². The van der Waals surface area contributed by atoms with Crippen molar-refractivity contribution in [1.29, 1.82) is 0 Å². The zero-order valence-corrected chi connectivity index (χ0v) is 18.6. The summed E-state index contributed by atoms with van der Waals surface area (Å²) in [5.41, 5.74) is 10.5. The minimum atomic E-state index is -1.32. The van der Waals surface area contributed by atoms with Crippen molar-refractivity contribution in [1.82, 2.24) is 26.6 Å². The number of nitrogens with two attached hydrogens (primary N) is 2. The third-order valence-electron chi connectivity index (χ3n) is 4.06. The van der Waals surface area contributed by atoms with Gasteiger partial charge in [0.25, 0.3) is 0 Å². The van der Waals surface area contributed by atoms with Crippen LogP contribution >= 0.6 is 0 Å². The van der Waals surface area contributed by atoms with E-state index in [1.165, 1.54) is 7.05 Å². The van der Waals surface area contributed by atoms with E-state index in [2.05, 4.69) is 31.6 Å².